The maximum Gasteiger partial charge on any atom is 0.252 e. The first kappa shape index (κ1) is 17.0. The van der Waals surface area contributed by atoms with Crippen molar-refractivity contribution in [2.24, 2.45) is 0 Å². The van der Waals surface area contributed by atoms with Gasteiger partial charge in [-0.25, -0.2) is 4.98 Å². The summed E-state index contributed by atoms with van der Waals surface area (Å²) in [6.07, 6.45) is 4.03. The monoisotopic (exact) mass is 339 g/mol. The van der Waals surface area contributed by atoms with E-state index < -0.39 is 6.04 Å². The average Bonchev–Trinajstić information content (AvgIpc) is 2.85. The van der Waals surface area contributed by atoms with Crippen molar-refractivity contribution in [1.82, 2.24) is 15.6 Å². The lowest BCUT2D eigenvalue weighted by Crippen LogP contribution is -2.45. The number of nitrogens with zero attached hydrogens (tertiary/aromatic N) is 1. The van der Waals surface area contributed by atoms with Crippen LogP contribution in [0.4, 0.5) is 0 Å². The Morgan fingerprint density at radius 2 is 2.08 bits per heavy atom. The van der Waals surface area contributed by atoms with E-state index in [1.807, 2.05) is 30.3 Å². The molecular weight excluding hydrogens is 318 g/mol. The molecule has 1 aliphatic rings. The number of ether oxygens (including phenoxy) is 1. The summed E-state index contributed by atoms with van der Waals surface area (Å²) >= 11 is 0. The minimum Gasteiger partial charge on any atom is -0.473 e. The number of carbonyl (C=O) groups excluding carboxylic acids is 2. The summed E-state index contributed by atoms with van der Waals surface area (Å²) in [5.41, 5.74) is 1.45. The molecule has 2 aromatic rings. The number of rotatable bonds is 5. The Kier molecular flexibility index (Phi) is 5.61. The van der Waals surface area contributed by atoms with Crippen LogP contribution in [0.15, 0.2) is 48.7 Å². The zero-order valence-corrected chi connectivity index (χ0v) is 13.9. The Morgan fingerprint density at radius 3 is 2.92 bits per heavy atom. The Labute approximate surface area is 146 Å². The van der Waals surface area contributed by atoms with Crippen molar-refractivity contribution in [2.75, 3.05) is 6.54 Å². The van der Waals surface area contributed by atoms with Crippen LogP contribution in [0.3, 0.4) is 0 Å². The molecular formula is C19H21N3O3. The zero-order chi connectivity index (χ0) is 17.5. The Morgan fingerprint density at radius 1 is 1.24 bits per heavy atom. The molecule has 2 amide bonds. The van der Waals surface area contributed by atoms with Gasteiger partial charge in [-0.3, -0.25) is 9.59 Å². The molecule has 1 aromatic heterocycles. The van der Waals surface area contributed by atoms with Crippen LogP contribution >= 0.6 is 0 Å². The van der Waals surface area contributed by atoms with E-state index in [2.05, 4.69) is 15.6 Å². The summed E-state index contributed by atoms with van der Waals surface area (Å²) in [6, 6.07) is 12.4. The highest BCUT2D eigenvalue weighted by atomic mass is 16.5. The molecule has 0 unspecified atom stereocenters. The first-order chi connectivity index (χ1) is 12.2. The van der Waals surface area contributed by atoms with Gasteiger partial charge in [0.05, 0.1) is 0 Å². The van der Waals surface area contributed by atoms with E-state index in [9.17, 15) is 9.59 Å². The van der Waals surface area contributed by atoms with Gasteiger partial charge in [-0.2, -0.15) is 0 Å². The molecule has 2 N–H and O–H groups in total. The van der Waals surface area contributed by atoms with Crippen molar-refractivity contribution in [3.8, 4) is 5.88 Å². The smallest absolute Gasteiger partial charge is 0.252 e. The molecule has 1 saturated heterocycles. The molecule has 130 valence electrons. The quantitative estimate of drug-likeness (QED) is 0.874. The van der Waals surface area contributed by atoms with E-state index >= 15 is 0 Å². The maximum absolute atomic E-state index is 12.4. The van der Waals surface area contributed by atoms with Crippen LogP contribution in [0.25, 0.3) is 0 Å². The summed E-state index contributed by atoms with van der Waals surface area (Å²) < 4.78 is 5.64. The van der Waals surface area contributed by atoms with Crippen LogP contribution in [0.1, 0.15) is 35.2 Å². The van der Waals surface area contributed by atoms with Crippen LogP contribution in [0, 0.1) is 0 Å². The lowest BCUT2D eigenvalue weighted by atomic mass is 10.1. The number of hydrogen-bond donors (Lipinski definition) is 2. The van der Waals surface area contributed by atoms with E-state index in [-0.39, 0.29) is 11.8 Å². The van der Waals surface area contributed by atoms with Crippen molar-refractivity contribution in [2.45, 2.75) is 31.9 Å². The normalized spacial score (nSPS) is 17.3. The fraction of sp³-hybridized carbons (Fsp3) is 0.316. The van der Waals surface area contributed by atoms with Gasteiger partial charge in [0.2, 0.25) is 11.8 Å². The molecule has 6 nitrogen and oxygen atoms in total. The van der Waals surface area contributed by atoms with E-state index in [1.54, 1.807) is 12.1 Å². The minimum absolute atomic E-state index is 0.125. The van der Waals surface area contributed by atoms with Crippen molar-refractivity contribution in [3.05, 3.63) is 59.8 Å². The van der Waals surface area contributed by atoms with Gasteiger partial charge in [-0.15, -0.1) is 0 Å². The summed E-state index contributed by atoms with van der Waals surface area (Å²) in [4.78, 5) is 28.5. The van der Waals surface area contributed by atoms with E-state index in [1.165, 1.54) is 6.20 Å². The summed E-state index contributed by atoms with van der Waals surface area (Å²) in [5.74, 6) is -0.0451. The molecule has 2 heterocycles. The topological polar surface area (TPSA) is 80.3 Å². The third kappa shape index (κ3) is 4.79. The number of carbonyl (C=O) groups is 2. The van der Waals surface area contributed by atoms with Gasteiger partial charge in [0.25, 0.3) is 5.91 Å². The molecule has 25 heavy (non-hydrogen) atoms. The van der Waals surface area contributed by atoms with Crippen LogP contribution in [-0.4, -0.2) is 29.4 Å². The molecule has 0 radical (unpaired) electrons. The molecule has 6 heteroatoms. The SMILES string of the molecule is O=C(N[C@@H]1CCCCNC1=O)c1ccnc(OCc2ccccc2)c1. The van der Waals surface area contributed by atoms with Crippen molar-refractivity contribution >= 4 is 11.8 Å². The highest BCUT2D eigenvalue weighted by Gasteiger charge is 2.23. The third-order valence-electron chi connectivity index (χ3n) is 4.07. The zero-order valence-electron chi connectivity index (χ0n) is 13.9. The molecule has 3 rings (SSSR count). The second-order valence-electron chi connectivity index (χ2n) is 5.97. The molecule has 1 fully saturated rings. The van der Waals surface area contributed by atoms with Gasteiger partial charge in [0.15, 0.2) is 0 Å². The van der Waals surface area contributed by atoms with Gasteiger partial charge < -0.3 is 15.4 Å². The Hall–Kier alpha value is -2.89. The van der Waals surface area contributed by atoms with Crippen molar-refractivity contribution in [1.29, 1.82) is 0 Å². The van der Waals surface area contributed by atoms with Crippen molar-refractivity contribution < 1.29 is 14.3 Å². The van der Waals surface area contributed by atoms with Gasteiger partial charge in [-0.1, -0.05) is 30.3 Å². The molecule has 1 aromatic carbocycles. The molecule has 0 spiro atoms. The molecule has 0 saturated carbocycles. The predicted octanol–water partition coefficient (Wildman–Crippen LogP) is 2.06. The Balaban J connectivity index is 1.62. The van der Waals surface area contributed by atoms with Crippen LogP contribution in [-0.2, 0) is 11.4 Å². The first-order valence-electron chi connectivity index (χ1n) is 8.44. The molecule has 0 bridgehead atoms. The van der Waals surface area contributed by atoms with E-state index in [4.69, 9.17) is 4.74 Å². The van der Waals surface area contributed by atoms with Crippen LogP contribution < -0.4 is 15.4 Å². The second kappa shape index (κ2) is 8.28. The second-order valence-corrected chi connectivity index (χ2v) is 5.97. The Bertz CT molecular complexity index is 734. The summed E-state index contributed by atoms with van der Waals surface area (Å²) in [7, 11) is 0. The van der Waals surface area contributed by atoms with Crippen LogP contribution in [0.5, 0.6) is 5.88 Å². The highest BCUT2D eigenvalue weighted by Crippen LogP contribution is 2.13. The number of aromatic nitrogens is 1. The molecule has 0 aliphatic carbocycles. The lowest BCUT2D eigenvalue weighted by molar-refractivity contribution is -0.122. The largest absolute Gasteiger partial charge is 0.473 e. The highest BCUT2D eigenvalue weighted by molar-refractivity contribution is 5.97. The van der Waals surface area contributed by atoms with Gasteiger partial charge in [0.1, 0.15) is 12.6 Å². The maximum atomic E-state index is 12.4. The average molecular weight is 339 g/mol. The number of benzene rings is 1. The summed E-state index contributed by atoms with van der Waals surface area (Å²) in [6.45, 7) is 1.04. The van der Waals surface area contributed by atoms with Crippen LogP contribution in [0.2, 0.25) is 0 Å². The fourth-order valence-electron chi connectivity index (χ4n) is 2.68. The van der Waals surface area contributed by atoms with Crippen molar-refractivity contribution in [3.63, 3.8) is 0 Å². The fourth-order valence-corrected chi connectivity index (χ4v) is 2.68. The minimum atomic E-state index is -0.489. The third-order valence-corrected chi connectivity index (χ3v) is 4.07. The predicted molar refractivity (Wildman–Crippen MR) is 93.1 cm³/mol. The molecule has 1 aliphatic heterocycles. The standard InChI is InChI=1S/C19H21N3O3/c23-18(22-16-8-4-5-10-21-19(16)24)15-9-11-20-17(12-15)25-13-14-6-2-1-3-7-14/h1-3,6-7,9,11-12,16H,4-5,8,10,13H2,(H,21,24)(H,22,23)/t16-/m1/s1. The number of pyridine rings is 1. The summed E-state index contributed by atoms with van der Waals surface area (Å²) in [5, 5.41) is 5.60. The lowest BCUT2D eigenvalue weighted by Gasteiger charge is -2.15. The first-order valence-corrected chi connectivity index (χ1v) is 8.44. The molecule has 1 atom stereocenters. The number of amides is 2. The number of hydrogen-bond acceptors (Lipinski definition) is 4. The van der Waals surface area contributed by atoms with E-state index in [0.29, 0.717) is 31.0 Å². The van der Waals surface area contributed by atoms with Gasteiger partial charge >= 0.3 is 0 Å². The number of nitrogens with one attached hydrogen (secondary N) is 2. The van der Waals surface area contributed by atoms with E-state index in [0.717, 1.165) is 18.4 Å². The van der Waals surface area contributed by atoms with Gasteiger partial charge in [0, 0.05) is 24.4 Å². The van der Waals surface area contributed by atoms with Gasteiger partial charge in [-0.05, 0) is 30.9 Å².